The van der Waals surface area contributed by atoms with Crippen LogP contribution in [0, 0.1) is 5.92 Å². The molecular formula is C11H15N3O3. The Bertz CT molecular complexity index is 429. The van der Waals surface area contributed by atoms with E-state index in [2.05, 4.69) is 15.1 Å². The summed E-state index contributed by atoms with van der Waals surface area (Å²) in [5.74, 6) is 0.589. The minimum absolute atomic E-state index is 0.0148. The van der Waals surface area contributed by atoms with Crippen LogP contribution < -0.4 is 10.5 Å². The van der Waals surface area contributed by atoms with E-state index in [4.69, 9.17) is 4.74 Å². The van der Waals surface area contributed by atoms with Gasteiger partial charge in [-0.2, -0.15) is 5.10 Å². The third-order valence-corrected chi connectivity index (χ3v) is 3.02. The fourth-order valence-corrected chi connectivity index (χ4v) is 2.02. The Morgan fingerprint density at radius 2 is 2.18 bits per heavy atom. The van der Waals surface area contributed by atoms with Crippen molar-refractivity contribution in [3.63, 3.8) is 0 Å². The van der Waals surface area contributed by atoms with Gasteiger partial charge in [-0.25, -0.2) is 5.10 Å². The van der Waals surface area contributed by atoms with Gasteiger partial charge in [-0.3, -0.25) is 9.59 Å². The van der Waals surface area contributed by atoms with Crippen molar-refractivity contribution in [3.8, 4) is 0 Å². The standard InChI is InChI=1S/C11H15N3O3/c1-17-11(16)8-4-6-14(7-5-8)9-2-3-10(15)13-12-9/h2-3,8H,4-7H2,1H3,(H,13,15). The van der Waals surface area contributed by atoms with Gasteiger partial charge in [-0.15, -0.1) is 0 Å². The molecule has 1 aromatic heterocycles. The number of methoxy groups -OCH3 is 1. The molecule has 0 bridgehead atoms. The lowest BCUT2D eigenvalue weighted by Crippen LogP contribution is -2.37. The van der Waals surface area contributed by atoms with Crippen LogP contribution in [-0.4, -0.2) is 36.4 Å². The maximum atomic E-state index is 11.4. The van der Waals surface area contributed by atoms with Gasteiger partial charge in [0.15, 0.2) is 0 Å². The Balaban J connectivity index is 1.97. The van der Waals surface area contributed by atoms with Crippen molar-refractivity contribution in [1.29, 1.82) is 0 Å². The zero-order chi connectivity index (χ0) is 12.3. The van der Waals surface area contributed by atoms with Crippen LogP contribution in [0.1, 0.15) is 12.8 Å². The van der Waals surface area contributed by atoms with Crippen molar-refractivity contribution >= 4 is 11.8 Å². The molecule has 1 saturated heterocycles. The van der Waals surface area contributed by atoms with E-state index in [1.165, 1.54) is 13.2 Å². The van der Waals surface area contributed by atoms with Crippen LogP contribution in [0.5, 0.6) is 0 Å². The van der Waals surface area contributed by atoms with E-state index in [9.17, 15) is 9.59 Å². The number of aromatic nitrogens is 2. The first-order chi connectivity index (χ1) is 8.20. The molecule has 1 aromatic rings. The average molecular weight is 237 g/mol. The third-order valence-electron chi connectivity index (χ3n) is 3.02. The SMILES string of the molecule is COC(=O)C1CCN(c2ccc(=O)[nH]n2)CC1. The molecule has 2 rings (SSSR count). The number of piperidine rings is 1. The largest absolute Gasteiger partial charge is 0.469 e. The predicted molar refractivity (Wildman–Crippen MR) is 61.8 cm³/mol. The molecule has 0 radical (unpaired) electrons. The van der Waals surface area contributed by atoms with Gasteiger partial charge in [-0.1, -0.05) is 0 Å². The number of hydrogen-bond donors (Lipinski definition) is 1. The molecule has 0 unspecified atom stereocenters. The van der Waals surface area contributed by atoms with E-state index in [1.54, 1.807) is 6.07 Å². The number of esters is 1. The fraction of sp³-hybridized carbons (Fsp3) is 0.545. The Morgan fingerprint density at radius 3 is 2.71 bits per heavy atom. The van der Waals surface area contributed by atoms with Crippen LogP contribution in [-0.2, 0) is 9.53 Å². The van der Waals surface area contributed by atoms with E-state index in [1.807, 2.05) is 0 Å². The highest BCUT2D eigenvalue weighted by Gasteiger charge is 2.26. The van der Waals surface area contributed by atoms with Crippen molar-refractivity contribution in [1.82, 2.24) is 10.2 Å². The fourth-order valence-electron chi connectivity index (χ4n) is 2.02. The van der Waals surface area contributed by atoms with E-state index < -0.39 is 0 Å². The number of carbonyl (C=O) groups is 1. The first kappa shape index (κ1) is 11.6. The predicted octanol–water partition coefficient (Wildman–Crippen LogP) is 0.159. The minimum Gasteiger partial charge on any atom is -0.469 e. The lowest BCUT2D eigenvalue weighted by molar-refractivity contribution is -0.146. The molecule has 0 aliphatic carbocycles. The second-order valence-electron chi connectivity index (χ2n) is 4.06. The van der Waals surface area contributed by atoms with Crippen LogP contribution in [0.25, 0.3) is 0 Å². The van der Waals surface area contributed by atoms with Crippen LogP contribution in [0.15, 0.2) is 16.9 Å². The van der Waals surface area contributed by atoms with E-state index in [0.717, 1.165) is 31.7 Å². The molecule has 0 amide bonds. The molecule has 0 saturated carbocycles. The second-order valence-corrected chi connectivity index (χ2v) is 4.06. The summed E-state index contributed by atoms with van der Waals surface area (Å²) in [7, 11) is 1.41. The van der Waals surface area contributed by atoms with Crippen molar-refractivity contribution in [3.05, 3.63) is 22.5 Å². The normalized spacial score (nSPS) is 16.9. The van der Waals surface area contributed by atoms with Crippen LogP contribution in [0.3, 0.4) is 0 Å². The smallest absolute Gasteiger partial charge is 0.308 e. The molecule has 6 nitrogen and oxygen atoms in total. The number of aromatic amines is 1. The lowest BCUT2D eigenvalue weighted by atomic mass is 9.97. The molecule has 6 heteroatoms. The summed E-state index contributed by atoms with van der Waals surface area (Å²) in [6, 6.07) is 3.14. The van der Waals surface area contributed by atoms with E-state index >= 15 is 0 Å². The molecule has 1 aliphatic rings. The maximum absolute atomic E-state index is 11.4. The van der Waals surface area contributed by atoms with Gasteiger partial charge in [0.25, 0.3) is 5.56 Å². The monoisotopic (exact) mass is 237 g/mol. The maximum Gasteiger partial charge on any atom is 0.308 e. The number of nitrogens with one attached hydrogen (secondary N) is 1. The number of carbonyl (C=O) groups excluding carboxylic acids is 1. The van der Waals surface area contributed by atoms with Crippen LogP contribution in [0.4, 0.5) is 5.82 Å². The Morgan fingerprint density at radius 1 is 1.47 bits per heavy atom. The first-order valence-corrected chi connectivity index (χ1v) is 5.59. The summed E-state index contributed by atoms with van der Waals surface area (Å²) in [4.78, 5) is 24.3. The summed E-state index contributed by atoms with van der Waals surface area (Å²) < 4.78 is 4.73. The quantitative estimate of drug-likeness (QED) is 0.741. The highest BCUT2D eigenvalue weighted by Crippen LogP contribution is 2.21. The molecule has 0 atom stereocenters. The van der Waals surface area contributed by atoms with Crippen molar-refractivity contribution in [2.75, 3.05) is 25.1 Å². The summed E-state index contributed by atoms with van der Waals surface area (Å²) >= 11 is 0. The number of ether oxygens (including phenoxy) is 1. The molecular weight excluding hydrogens is 222 g/mol. The molecule has 1 fully saturated rings. The van der Waals surface area contributed by atoms with E-state index in [0.29, 0.717) is 0 Å². The number of rotatable bonds is 2. The Labute approximate surface area is 98.6 Å². The molecule has 2 heterocycles. The summed E-state index contributed by atoms with van der Waals surface area (Å²) in [5, 5.41) is 6.37. The molecule has 17 heavy (non-hydrogen) atoms. The van der Waals surface area contributed by atoms with Gasteiger partial charge >= 0.3 is 5.97 Å². The first-order valence-electron chi connectivity index (χ1n) is 5.59. The molecule has 1 aliphatic heterocycles. The van der Waals surface area contributed by atoms with Gasteiger partial charge in [-0.05, 0) is 18.9 Å². The van der Waals surface area contributed by atoms with Gasteiger partial charge in [0.1, 0.15) is 5.82 Å². The number of anilines is 1. The van der Waals surface area contributed by atoms with Crippen molar-refractivity contribution < 1.29 is 9.53 Å². The number of H-pyrrole nitrogens is 1. The summed E-state index contributed by atoms with van der Waals surface area (Å²) in [6.07, 6.45) is 1.51. The molecule has 0 spiro atoms. The highest BCUT2D eigenvalue weighted by molar-refractivity contribution is 5.72. The summed E-state index contributed by atoms with van der Waals surface area (Å²) in [6.45, 7) is 1.50. The molecule has 1 N–H and O–H groups in total. The topological polar surface area (TPSA) is 75.3 Å². The average Bonchev–Trinajstić information content (AvgIpc) is 2.39. The Kier molecular flexibility index (Phi) is 3.41. The highest BCUT2D eigenvalue weighted by atomic mass is 16.5. The van der Waals surface area contributed by atoms with Gasteiger partial charge in [0.05, 0.1) is 13.0 Å². The van der Waals surface area contributed by atoms with Crippen LogP contribution in [0.2, 0.25) is 0 Å². The minimum atomic E-state index is -0.210. The van der Waals surface area contributed by atoms with Crippen molar-refractivity contribution in [2.24, 2.45) is 5.92 Å². The summed E-state index contributed by atoms with van der Waals surface area (Å²) in [5.41, 5.74) is -0.210. The van der Waals surface area contributed by atoms with Gasteiger partial charge in [0.2, 0.25) is 0 Å². The van der Waals surface area contributed by atoms with Gasteiger partial charge in [0, 0.05) is 19.2 Å². The second kappa shape index (κ2) is 4.99. The van der Waals surface area contributed by atoms with Gasteiger partial charge < -0.3 is 9.64 Å². The third kappa shape index (κ3) is 2.64. The molecule has 92 valence electrons. The Hall–Kier alpha value is -1.85. The number of hydrogen-bond acceptors (Lipinski definition) is 5. The van der Waals surface area contributed by atoms with Crippen LogP contribution >= 0.6 is 0 Å². The zero-order valence-electron chi connectivity index (χ0n) is 9.68. The van der Waals surface area contributed by atoms with Crippen molar-refractivity contribution in [2.45, 2.75) is 12.8 Å². The lowest BCUT2D eigenvalue weighted by Gasteiger charge is -2.31. The zero-order valence-corrected chi connectivity index (χ0v) is 9.68. The van der Waals surface area contributed by atoms with E-state index in [-0.39, 0.29) is 17.4 Å². The molecule has 0 aromatic carbocycles. The number of nitrogens with zero attached hydrogens (tertiary/aromatic N) is 2.